The first-order chi connectivity index (χ1) is 49.3. The molecule has 0 aliphatic carbocycles. The number of nitrogens with zero attached hydrogens (tertiary/aromatic N) is 2. The SMILES string of the molecule is CCCCCCCCCCCCCCCCCCCCCCCCCCCCCCc1cccc(N=C(CCCC)C(CCCCCC)=Nc2cccc(CCCCCCCCCCCCCCCCCCCCCCCCCCCCCC)c2)c1.CCCCCc1cc([O-])c([O-])cc1C.[Ni+2]. The van der Waals surface area contributed by atoms with Crippen molar-refractivity contribution in [1.29, 1.82) is 0 Å². The Labute approximate surface area is 640 Å². The van der Waals surface area contributed by atoms with Gasteiger partial charge in [-0.25, -0.2) is 0 Å². The zero-order valence-corrected chi connectivity index (χ0v) is 69.3. The molecule has 5 heteroatoms. The first-order valence-electron chi connectivity index (χ1n) is 45.2. The molecule has 0 N–H and O–H groups in total. The molecule has 0 bridgehead atoms. The third-order valence-electron chi connectivity index (χ3n) is 21.8. The summed E-state index contributed by atoms with van der Waals surface area (Å²) in [5.41, 5.74) is 9.56. The van der Waals surface area contributed by atoms with Gasteiger partial charge in [0.2, 0.25) is 0 Å². The molecule has 3 rings (SSSR count). The molecule has 0 saturated heterocycles. The minimum Gasteiger partial charge on any atom is -0.873 e. The molecule has 4 nitrogen and oxygen atoms in total. The number of hydrogen-bond acceptors (Lipinski definition) is 4. The second kappa shape index (κ2) is 75.3. The summed E-state index contributed by atoms with van der Waals surface area (Å²) in [6.07, 6.45) is 97.2. The summed E-state index contributed by atoms with van der Waals surface area (Å²) in [6.45, 7) is 13.3. The molecule has 0 heterocycles. The maximum Gasteiger partial charge on any atom is 2.00 e. The molecule has 3 aromatic carbocycles. The van der Waals surface area contributed by atoms with Gasteiger partial charge in [0.15, 0.2) is 0 Å². The van der Waals surface area contributed by atoms with Crippen LogP contribution in [-0.2, 0) is 35.8 Å². The number of benzene rings is 3. The Balaban J connectivity index is 0.00000301. The van der Waals surface area contributed by atoms with Crippen LogP contribution in [0.1, 0.15) is 487 Å². The van der Waals surface area contributed by atoms with E-state index >= 15 is 0 Å². The van der Waals surface area contributed by atoms with Gasteiger partial charge in [-0.3, -0.25) is 9.98 Å². The van der Waals surface area contributed by atoms with E-state index in [4.69, 9.17) is 9.98 Å². The van der Waals surface area contributed by atoms with Gasteiger partial charge in [0, 0.05) is 0 Å². The molecule has 0 fully saturated rings. The predicted molar refractivity (Wildman–Crippen MR) is 446 cm³/mol. The second-order valence-electron chi connectivity index (χ2n) is 31.6. The molecule has 0 spiro atoms. The Hall–Kier alpha value is -2.91. The van der Waals surface area contributed by atoms with Gasteiger partial charge in [0.05, 0.1) is 22.8 Å². The Bertz CT molecular complexity index is 2270. The van der Waals surface area contributed by atoms with Crippen LogP contribution in [0.3, 0.4) is 0 Å². The molecule has 584 valence electrons. The van der Waals surface area contributed by atoms with Gasteiger partial charge < -0.3 is 10.2 Å². The van der Waals surface area contributed by atoms with E-state index in [9.17, 15) is 10.2 Å². The van der Waals surface area contributed by atoms with Crippen LogP contribution in [-0.4, -0.2) is 11.4 Å². The zero-order valence-electron chi connectivity index (χ0n) is 68.3. The van der Waals surface area contributed by atoms with Gasteiger partial charge in [-0.15, -0.1) is 11.5 Å². The standard InChI is InChI=1S/C84H152N2.C12H18O2.Ni/c1-5-9-13-16-18-20-22-24-26-28-30-32-34-36-38-40-42-44-46-48-50-52-54-56-58-60-62-64-69-79-71-67-73-81(77-79)85-83(75-12-8-4)84(76-66-15-11-7-3)86-82-74-68-72-80(78-82)70-65-63-61-59-57-55-53-51-49-47-45-43-41-39-37-35-33-31-29-27-25-23-21-19-17-14-10-6-2;1-3-4-5-6-10-8-12(14)11(13)7-9(10)2;/h67-68,71-74,77-78H,5-66,69-70,75-76H2,1-4H3;7-8,13-14H,3-6H2,1-2H3;/q;;+2/p-2. The van der Waals surface area contributed by atoms with Crippen molar-refractivity contribution >= 4 is 22.8 Å². The summed E-state index contributed by atoms with van der Waals surface area (Å²) in [6, 6.07) is 21.3. The van der Waals surface area contributed by atoms with Crippen LogP contribution in [0.2, 0.25) is 0 Å². The van der Waals surface area contributed by atoms with E-state index < -0.39 is 0 Å². The number of aryl methyl sites for hydroxylation is 4. The van der Waals surface area contributed by atoms with Crippen LogP contribution >= 0.6 is 0 Å². The maximum atomic E-state index is 11.1. The summed E-state index contributed by atoms with van der Waals surface area (Å²) >= 11 is 0. The van der Waals surface area contributed by atoms with Gasteiger partial charge in [-0.1, -0.05) is 456 Å². The summed E-state index contributed by atoms with van der Waals surface area (Å²) in [7, 11) is 0. The van der Waals surface area contributed by atoms with E-state index in [1.807, 2.05) is 6.92 Å². The monoisotopic (exact) mass is 1440 g/mol. The normalized spacial score (nSPS) is 11.8. The molecule has 0 aromatic heterocycles. The largest absolute Gasteiger partial charge is 2.00 e. The van der Waals surface area contributed by atoms with Crippen molar-refractivity contribution in [3.8, 4) is 11.5 Å². The van der Waals surface area contributed by atoms with Crippen LogP contribution < -0.4 is 10.2 Å². The summed E-state index contributed by atoms with van der Waals surface area (Å²) in [5, 5.41) is 22.1. The number of rotatable bonds is 73. The van der Waals surface area contributed by atoms with E-state index in [2.05, 4.69) is 83.1 Å². The Morgan fingerprint density at radius 3 is 0.743 bits per heavy atom. The minimum atomic E-state index is -0.387. The molecule has 0 aliphatic rings. The predicted octanol–water partition coefficient (Wildman–Crippen LogP) is 32.5. The summed E-state index contributed by atoms with van der Waals surface area (Å²) in [4.78, 5) is 10.9. The van der Waals surface area contributed by atoms with Gasteiger partial charge in [0.1, 0.15) is 0 Å². The number of hydrogen-bond donors (Lipinski definition) is 0. The fraction of sp³-hybridized carbons (Fsp3) is 0.792. The average Bonchev–Trinajstić information content (AvgIpc) is 0.933. The van der Waals surface area contributed by atoms with Crippen molar-refractivity contribution in [1.82, 2.24) is 0 Å². The summed E-state index contributed by atoms with van der Waals surface area (Å²) in [5.74, 6) is -0.760. The average molecular weight is 1440 g/mol. The van der Waals surface area contributed by atoms with E-state index in [1.165, 1.54) is 439 Å². The van der Waals surface area contributed by atoms with Gasteiger partial charge in [-0.05, 0) is 118 Å². The van der Waals surface area contributed by atoms with Gasteiger partial charge >= 0.3 is 16.5 Å². The maximum absolute atomic E-state index is 11.1. The van der Waals surface area contributed by atoms with Gasteiger partial charge in [0.25, 0.3) is 0 Å². The molecule has 3 aromatic rings. The fourth-order valence-corrected chi connectivity index (χ4v) is 15.0. The van der Waals surface area contributed by atoms with Crippen LogP contribution in [0.5, 0.6) is 11.5 Å². The fourth-order valence-electron chi connectivity index (χ4n) is 15.0. The Morgan fingerprint density at radius 2 is 0.465 bits per heavy atom. The minimum absolute atomic E-state index is 0. The third-order valence-corrected chi connectivity index (χ3v) is 21.8. The number of aliphatic imine (C=N–C) groups is 2. The smallest absolute Gasteiger partial charge is 0.873 e. The molecular formula is C96H168N2NiO2. The van der Waals surface area contributed by atoms with Crippen LogP contribution in [0.25, 0.3) is 0 Å². The van der Waals surface area contributed by atoms with E-state index in [-0.39, 0.29) is 28.0 Å². The van der Waals surface area contributed by atoms with E-state index in [0.29, 0.717) is 0 Å². The third kappa shape index (κ3) is 60.9. The van der Waals surface area contributed by atoms with Crippen LogP contribution in [0.15, 0.2) is 70.6 Å². The Kier molecular flexibility index (Phi) is 71.7. The molecule has 0 atom stereocenters. The first kappa shape index (κ1) is 96.1. The molecule has 101 heavy (non-hydrogen) atoms. The van der Waals surface area contributed by atoms with E-state index in [0.717, 1.165) is 67.4 Å². The Morgan fingerprint density at radius 1 is 0.248 bits per heavy atom. The molecule has 0 radical (unpaired) electrons. The van der Waals surface area contributed by atoms with Crippen LogP contribution in [0, 0.1) is 6.92 Å². The number of unbranched alkanes of at least 4 members (excludes halogenated alkanes) is 60. The topological polar surface area (TPSA) is 70.8 Å². The molecule has 0 amide bonds. The molecular weight excluding hydrogens is 1270 g/mol. The first-order valence-corrected chi connectivity index (χ1v) is 45.2. The molecule has 0 unspecified atom stereocenters. The van der Waals surface area contributed by atoms with Crippen molar-refractivity contribution in [2.75, 3.05) is 0 Å². The van der Waals surface area contributed by atoms with Crippen molar-refractivity contribution in [3.05, 3.63) is 82.9 Å². The quantitative estimate of drug-likeness (QED) is 0.0321. The van der Waals surface area contributed by atoms with Crippen molar-refractivity contribution < 1.29 is 26.7 Å². The van der Waals surface area contributed by atoms with Crippen molar-refractivity contribution in [2.45, 2.75) is 491 Å². The second-order valence-corrected chi connectivity index (χ2v) is 31.6. The molecule has 0 aliphatic heterocycles. The van der Waals surface area contributed by atoms with E-state index in [1.54, 1.807) is 0 Å². The zero-order chi connectivity index (χ0) is 71.8. The van der Waals surface area contributed by atoms with Crippen molar-refractivity contribution in [2.24, 2.45) is 9.98 Å². The van der Waals surface area contributed by atoms with Gasteiger partial charge in [-0.2, -0.15) is 0 Å². The van der Waals surface area contributed by atoms with Crippen molar-refractivity contribution in [3.63, 3.8) is 0 Å². The van der Waals surface area contributed by atoms with Crippen LogP contribution in [0.4, 0.5) is 11.4 Å². The summed E-state index contributed by atoms with van der Waals surface area (Å²) < 4.78 is 0. The molecule has 0 saturated carbocycles.